The van der Waals surface area contributed by atoms with Crippen LogP contribution < -0.4 is 0 Å². The summed E-state index contributed by atoms with van der Waals surface area (Å²) in [4.78, 5) is 20.6. The van der Waals surface area contributed by atoms with Gasteiger partial charge in [0.1, 0.15) is 6.73 Å². The number of ether oxygens (including phenoxy) is 1. The maximum absolute atomic E-state index is 13.9. The van der Waals surface area contributed by atoms with Crippen molar-refractivity contribution in [2.45, 2.75) is 33.2 Å². The van der Waals surface area contributed by atoms with Gasteiger partial charge in [-0.2, -0.15) is 0 Å². The molecule has 0 saturated carbocycles. The molecule has 4 aromatic rings. The first-order valence-corrected chi connectivity index (χ1v) is 12.0. The van der Waals surface area contributed by atoms with Crippen molar-refractivity contribution >= 4 is 17.6 Å². The Morgan fingerprint density at radius 3 is 2.43 bits per heavy atom. The molecule has 2 heterocycles. The predicted octanol–water partition coefficient (Wildman–Crippen LogP) is 5.49. The van der Waals surface area contributed by atoms with Crippen LogP contribution in [0.4, 0.5) is 0 Å². The molecule has 1 amide bonds. The molecule has 0 atom stereocenters. The highest BCUT2D eigenvalue weighted by atomic mass is 16.5. The molecular formula is C30H29N3O2. The zero-order valence-corrected chi connectivity index (χ0v) is 19.9. The summed E-state index contributed by atoms with van der Waals surface area (Å²) in [6, 6.07) is 28.3. The van der Waals surface area contributed by atoms with E-state index in [-0.39, 0.29) is 5.91 Å². The molecule has 0 spiro atoms. The number of rotatable bonds is 7. The van der Waals surface area contributed by atoms with Crippen molar-refractivity contribution in [1.29, 1.82) is 0 Å². The van der Waals surface area contributed by atoms with Crippen molar-refractivity contribution in [3.63, 3.8) is 0 Å². The molecule has 1 aromatic heterocycles. The molecular weight excluding hydrogens is 434 g/mol. The van der Waals surface area contributed by atoms with Crippen LogP contribution in [-0.4, -0.2) is 26.9 Å². The first-order chi connectivity index (χ1) is 17.2. The number of nitrogens with zero attached hydrogens (tertiary/aromatic N) is 3. The molecule has 0 N–H and O–H groups in total. The lowest BCUT2D eigenvalue weighted by Gasteiger charge is -2.23. The van der Waals surface area contributed by atoms with E-state index in [1.54, 1.807) is 6.33 Å². The molecule has 0 fully saturated rings. The number of aryl methyl sites for hydroxylation is 1. The SMILES string of the molecule is Cc1ccccc1CN1CCc2ncn(COCc3ccccc3)c2/C(=C/c2ccccc2)C1=O. The normalized spacial score (nSPS) is 14.7. The highest BCUT2D eigenvalue weighted by Gasteiger charge is 2.29. The minimum absolute atomic E-state index is 0.0145. The Balaban J connectivity index is 1.46. The van der Waals surface area contributed by atoms with Gasteiger partial charge in [-0.3, -0.25) is 4.79 Å². The lowest BCUT2D eigenvalue weighted by atomic mass is 10.0. The van der Waals surface area contributed by atoms with Crippen molar-refractivity contribution in [1.82, 2.24) is 14.5 Å². The van der Waals surface area contributed by atoms with E-state index in [9.17, 15) is 4.79 Å². The third-order valence-corrected chi connectivity index (χ3v) is 6.38. The summed E-state index contributed by atoms with van der Waals surface area (Å²) in [5.74, 6) is 0.0145. The molecule has 5 nitrogen and oxygen atoms in total. The third kappa shape index (κ3) is 5.26. The molecule has 0 unspecified atom stereocenters. The molecule has 35 heavy (non-hydrogen) atoms. The number of amides is 1. The number of benzene rings is 3. The molecule has 176 valence electrons. The fourth-order valence-electron chi connectivity index (χ4n) is 4.46. The Morgan fingerprint density at radius 2 is 1.66 bits per heavy atom. The molecule has 0 aliphatic carbocycles. The number of fused-ring (bicyclic) bond motifs is 1. The van der Waals surface area contributed by atoms with Crippen LogP contribution in [-0.2, 0) is 35.8 Å². The summed E-state index contributed by atoms with van der Waals surface area (Å²) in [7, 11) is 0. The van der Waals surface area contributed by atoms with Crippen LogP contribution in [0.25, 0.3) is 11.6 Å². The topological polar surface area (TPSA) is 47.4 Å². The van der Waals surface area contributed by atoms with Crippen LogP contribution in [0.15, 0.2) is 91.3 Å². The smallest absolute Gasteiger partial charge is 0.256 e. The average Bonchev–Trinajstić information content (AvgIpc) is 3.24. The second-order valence-electron chi connectivity index (χ2n) is 8.84. The highest BCUT2D eigenvalue weighted by molar-refractivity contribution is 6.24. The number of hydrogen-bond donors (Lipinski definition) is 0. The van der Waals surface area contributed by atoms with Gasteiger partial charge in [0, 0.05) is 19.5 Å². The van der Waals surface area contributed by atoms with E-state index >= 15 is 0 Å². The number of carbonyl (C=O) groups is 1. The van der Waals surface area contributed by atoms with Crippen LogP contribution >= 0.6 is 0 Å². The molecule has 5 rings (SSSR count). The molecule has 0 saturated heterocycles. The number of imidazole rings is 1. The molecule has 0 bridgehead atoms. The Kier molecular flexibility index (Phi) is 6.87. The van der Waals surface area contributed by atoms with Crippen molar-refractivity contribution < 1.29 is 9.53 Å². The van der Waals surface area contributed by atoms with Gasteiger partial charge in [0.05, 0.1) is 29.9 Å². The van der Waals surface area contributed by atoms with Crippen LogP contribution in [0.2, 0.25) is 0 Å². The van der Waals surface area contributed by atoms with E-state index in [0.717, 1.165) is 28.1 Å². The standard InChI is InChI=1S/C30H29N3O2/c1-23-10-8-9-15-26(23)19-32-17-16-28-29(27(30(32)34)18-24-11-4-2-5-12-24)33(21-31-28)22-35-20-25-13-6-3-7-14-25/h2-15,18,21H,16-17,19-20,22H2,1H3/b27-18-. The Morgan fingerprint density at radius 1 is 0.943 bits per heavy atom. The lowest BCUT2D eigenvalue weighted by molar-refractivity contribution is -0.125. The summed E-state index contributed by atoms with van der Waals surface area (Å²) in [5, 5.41) is 0. The van der Waals surface area contributed by atoms with Gasteiger partial charge < -0.3 is 14.2 Å². The lowest BCUT2D eigenvalue weighted by Crippen LogP contribution is -2.32. The van der Waals surface area contributed by atoms with Crippen LogP contribution in [0, 0.1) is 6.92 Å². The van der Waals surface area contributed by atoms with Crippen molar-refractivity contribution in [3.8, 4) is 0 Å². The van der Waals surface area contributed by atoms with Crippen molar-refractivity contribution in [2.75, 3.05) is 6.54 Å². The highest BCUT2D eigenvalue weighted by Crippen LogP contribution is 2.29. The van der Waals surface area contributed by atoms with Crippen LogP contribution in [0.3, 0.4) is 0 Å². The van der Waals surface area contributed by atoms with Crippen LogP contribution in [0.1, 0.15) is 33.6 Å². The second-order valence-corrected chi connectivity index (χ2v) is 8.84. The summed E-state index contributed by atoms with van der Waals surface area (Å²) < 4.78 is 7.97. The van der Waals surface area contributed by atoms with Crippen molar-refractivity contribution in [3.05, 3.63) is 125 Å². The van der Waals surface area contributed by atoms with Gasteiger partial charge in [0.2, 0.25) is 0 Å². The number of aromatic nitrogens is 2. The zero-order chi connectivity index (χ0) is 24.0. The van der Waals surface area contributed by atoms with Crippen LogP contribution in [0.5, 0.6) is 0 Å². The second kappa shape index (κ2) is 10.5. The first-order valence-electron chi connectivity index (χ1n) is 12.0. The van der Waals surface area contributed by atoms with Gasteiger partial charge in [0.25, 0.3) is 5.91 Å². The van der Waals surface area contributed by atoms with E-state index in [1.165, 1.54) is 5.56 Å². The molecule has 1 aliphatic rings. The van der Waals surface area contributed by atoms with Gasteiger partial charge in [-0.15, -0.1) is 0 Å². The van der Waals surface area contributed by atoms with Crippen molar-refractivity contribution in [2.24, 2.45) is 0 Å². The minimum atomic E-state index is 0.0145. The fourth-order valence-corrected chi connectivity index (χ4v) is 4.46. The van der Waals surface area contributed by atoms with Gasteiger partial charge in [-0.05, 0) is 35.3 Å². The maximum Gasteiger partial charge on any atom is 0.256 e. The fraction of sp³-hybridized carbons (Fsp3) is 0.200. The van der Waals surface area contributed by atoms with Gasteiger partial charge in [-0.25, -0.2) is 4.98 Å². The summed E-state index contributed by atoms with van der Waals surface area (Å²) in [6.45, 7) is 4.11. The largest absolute Gasteiger partial charge is 0.356 e. The van der Waals surface area contributed by atoms with E-state index < -0.39 is 0 Å². The maximum atomic E-state index is 13.9. The van der Waals surface area contributed by atoms with Gasteiger partial charge in [-0.1, -0.05) is 84.9 Å². The van der Waals surface area contributed by atoms with E-state index in [4.69, 9.17) is 9.72 Å². The van der Waals surface area contributed by atoms with E-state index in [1.807, 2.05) is 88.3 Å². The monoisotopic (exact) mass is 463 g/mol. The summed E-state index contributed by atoms with van der Waals surface area (Å²) in [6.07, 6.45) is 4.47. The van der Waals surface area contributed by atoms with E-state index in [0.29, 0.717) is 38.4 Å². The van der Waals surface area contributed by atoms with E-state index in [2.05, 4.69) is 19.1 Å². The molecule has 1 aliphatic heterocycles. The molecule has 5 heteroatoms. The van der Waals surface area contributed by atoms with Gasteiger partial charge in [0.15, 0.2) is 0 Å². The quantitative estimate of drug-likeness (QED) is 0.341. The van der Waals surface area contributed by atoms with Gasteiger partial charge >= 0.3 is 0 Å². The number of carbonyl (C=O) groups excluding carboxylic acids is 1. The Bertz CT molecular complexity index is 1330. The first kappa shape index (κ1) is 22.8. The summed E-state index contributed by atoms with van der Waals surface area (Å²) in [5.41, 5.74) is 6.87. The molecule has 3 aromatic carbocycles. The predicted molar refractivity (Wildman–Crippen MR) is 138 cm³/mol. The zero-order valence-electron chi connectivity index (χ0n) is 19.9. The Hall–Kier alpha value is -3.96. The third-order valence-electron chi connectivity index (χ3n) is 6.38. The Labute approximate surface area is 206 Å². The summed E-state index contributed by atoms with van der Waals surface area (Å²) >= 11 is 0. The average molecular weight is 464 g/mol. The molecule has 0 radical (unpaired) electrons. The number of hydrogen-bond acceptors (Lipinski definition) is 3. The minimum Gasteiger partial charge on any atom is -0.356 e.